The number of alkyl halides is 1. The largest absolute Gasteiger partial charge is 0.486 e. The van der Waals surface area contributed by atoms with Crippen molar-refractivity contribution in [1.82, 2.24) is 9.78 Å². The summed E-state index contributed by atoms with van der Waals surface area (Å²) < 4.78 is 9.60. The lowest BCUT2D eigenvalue weighted by Crippen LogP contribution is -2.05. The molecule has 0 saturated carbocycles. The highest BCUT2D eigenvalue weighted by atomic mass is 79.9. The zero-order valence-corrected chi connectivity index (χ0v) is 14.5. The van der Waals surface area contributed by atoms with Crippen LogP contribution < -0.4 is 4.74 Å². The van der Waals surface area contributed by atoms with Crippen LogP contribution in [-0.2, 0) is 19.5 Å². The van der Waals surface area contributed by atoms with Gasteiger partial charge in [0.2, 0.25) is 0 Å². The molecule has 19 heavy (non-hydrogen) atoms. The summed E-state index contributed by atoms with van der Waals surface area (Å²) in [5, 5.41) is 4.34. The first-order valence-electron chi connectivity index (χ1n) is 5.68. The van der Waals surface area contributed by atoms with E-state index in [1.165, 1.54) is 0 Å². The van der Waals surface area contributed by atoms with Crippen LogP contribution in [0.2, 0.25) is 0 Å². The molecule has 0 fully saturated rings. The molecule has 0 N–H and O–H groups in total. The Morgan fingerprint density at radius 3 is 2.68 bits per heavy atom. The Kier molecular flexibility index (Phi) is 4.92. The molecular formula is C13H13Br2ClN2O. The fourth-order valence-corrected chi connectivity index (χ4v) is 2.98. The van der Waals surface area contributed by atoms with Crippen molar-refractivity contribution < 1.29 is 4.74 Å². The summed E-state index contributed by atoms with van der Waals surface area (Å²) in [7, 11) is 1.90. The van der Waals surface area contributed by atoms with Crippen LogP contribution in [0.25, 0.3) is 0 Å². The van der Waals surface area contributed by atoms with Crippen LogP contribution in [0, 0.1) is 6.92 Å². The number of aromatic nitrogens is 2. The molecule has 1 aromatic carbocycles. The second kappa shape index (κ2) is 6.29. The maximum absolute atomic E-state index is 5.92. The number of rotatable bonds is 4. The second-order valence-corrected chi connectivity index (χ2v) is 6.03. The van der Waals surface area contributed by atoms with Gasteiger partial charge in [-0.15, -0.1) is 11.6 Å². The number of benzene rings is 1. The maximum atomic E-state index is 5.92. The van der Waals surface area contributed by atoms with E-state index >= 15 is 0 Å². The standard InChI is InChI=1S/C13H13Br2ClN2O/c1-8-12(15)11(18(2)17-8)7-19-13-9(6-16)4-3-5-10(13)14/h3-5H,6-7H2,1-2H3. The van der Waals surface area contributed by atoms with Gasteiger partial charge in [0.05, 0.1) is 26.2 Å². The molecule has 0 aliphatic heterocycles. The van der Waals surface area contributed by atoms with E-state index in [1.54, 1.807) is 0 Å². The van der Waals surface area contributed by atoms with E-state index in [4.69, 9.17) is 16.3 Å². The highest BCUT2D eigenvalue weighted by molar-refractivity contribution is 9.10. The number of para-hydroxylation sites is 1. The van der Waals surface area contributed by atoms with Crippen molar-refractivity contribution in [2.45, 2.75) is 19.4 Å². The van der Waals surface area contributed by atoms with Crippen LogP contribution >= 0.6 is 43.5 Å². The number of ether oxygens (including phenoxy) is 1. The molecule has 6 heteroatoms. The molecule has 0 radical (unpaired) electrons. The number of nitrogens with zero attached hydrogens (tertiary/aromatic N) is 2. The molecule has 1 heterocycles. The van der Waals surface area contributed by atoms with Gasteiger partial charge in [0, 0.05) is 12.6 Å². The molecule has 0 spiro atoms. The molecule has 2 aromatic rings. The molecule has 2 rings (SSSR count). The van der Waals surface area contributed by atoms with Gasteiger partial charge in [-0.05, 0) is 44.8 Å². The molecule has 0 aliphatic carbocycles. The lowest BCUT2D eigenvalue weighted by atomic mass is 10.2. The third-order valence-corrected chi connectivity index (χ3v) is 4.75. The van der Waals surface area contributed by atoms with Crippen molar-refractivity contribution in [2.75, 3.05) is 0 Å². The Balaban J connectivity index is 2.24. The first-order chi connectivity index (χ1) is 9.04. The van der Waals surface area contributed by atoms with Crippen molar-refractivity contribution in [2.24, 2.45) is 7.05 Å². The molecule has 3 nitrogen and oxygen atoms in total. The molecule has 0 atom stereocenters. The topological polar surface area (TPSA) is 27.1 Å². The van der Waals surface area contributed by atoms with Gasteiger partial charge in [0.15, 0.2) is 0 Å². The van der Waals surface area contributed by atoms with Crippen LogP contribution in [0.15, 0.2) is 27.1 Å². The van der Waals surface area contributed by atoms with Crippen LogP contribution in [0.1, 0.15) is 17.0 Å². The summed E-state index contributed by atoms with van der Waals surface area (Å²) in [6.45, 7) is 2.39. The van der Waals surface area contributed by atoms with Crippen molar-refractivity contribution in [3.8, 4) is 5.75 Å². The molecular weight excluding hydrogens is 395 g/mol. The van der Waals surface area contributed by atoms with Gasteiger partial charge < -0.3 is 4.74 Å². The van der Waals surface area contributed by atoms with E-state index < -0.39 is 0 Å². The fraction of sp³-hybridized carbons (Fsp3) is 0.308. The third kappa shape index (κ3) is 3.15. The van der Waals surface area contributed by atoms with Gasteiger partial charge >= 0.3 is 0 Å². The van der Waals surface area contributed by atoms with Gasteiger partial charge in [-0.2, -0.15) is 5.10 Å². The first kappa shape index (κ1) is 14.9. The van der Waals surface area contributed by atoms with E-state index in [-0.39, 0.29) is 0 Å². The van der Waals surface area contributed by atoms with E-state index in [0.717, 1.165) is 31.6 Å². The quantitative estimate of drug-likeness (QED) is 0.693. The van der Waals surface area contributed by atoms with Crippen molar-refractivity contribution >= 4 is 43.5 Å². The minimum absolute atomic E-state index is 0.417. The Hall–Kier alpha value is -0.520. The van der Waals surface area contributed by atoms with Crippen LogP contribution in [-0.4, -0.2) is 9.78 Å². The minimum Gasteiger partial charge on any atom is -0.486 e. The monoisotopic (exact) mass is 406 g/mol. The zero-order valence-electron chi connectivity index (χ0n) is 10.6. The SMILES string of the molecule is Cc1nn(C)c(COc2c(Br)cccc2CCl)c1Br. The Morgan fingerprint density at radius 1 is 1.37 bits per heavy atom. The zero-order chi connectivity index (χ0) is 14.0. The molecule has 0 unspecified atom stereocenters. The van der Waals surface area contributed by atoms with Crippen molar-refractivity contribution in [1.29, 1.82) is 0 Å². The molecule has 0 aliphatic rings. The van der Waals surface area contributed by atoms with E-state index in [1.807, 2.05) is 36.9 Å². The smallest absolute Gasteiger partial charge is 0.138 e. The summed E-state index contributed by atoms with van der Waals surface area (Å²) in [5.74, 6) is 1.20. The molecule has 1 aromatic heterocycles. The van der Waals surface area contributed by atoms with Gasteiger partial charge in [0.25, 0.3) is 0 Å². The maximum Gasteiger partial charge on any atom is 0.138 e. The average Bonchev–Trinajstić information content (AvgIpc) is 2.62. The summed E-state index contributed by atoms with van der Waals surface area (Å²) in [6, 6.07) is 5.84. The van der Waals surface area contributed by atoms with E-state index in [2.05, 4.69) is 37.0 Å². The molecule has 0 bridgehead atoms. The third-order valence-electron chi connectivity index (χ3n) is 2.81. The van der Waals surface area contributed by atoms with E-state index in [0.29, 0.717) is 12.5 Å². The minimum atomic E-state index is 0.417. The number of aryl methyl sites for hydroxylation is 2. The normalized spacial score (nSPS) is 10.8. The van der Waals surface area contributed by atoms with Gasteiger partial charge in [0.1, 0.15) is 12.4 Å². The number of hydrogen-bond donors (Lipinski definition) is 0. The summed E-state index contributed by atoms with van der Waals surface area (Å²) >= 11 is 12.9. The summed E-state index contributed by atoms with van der Waals surface area (Å²) in [5.41, 5.74) is 2.91. The Labute approximate surface area is 134 Å². The lowest BCUT2D eigenvalue weighted by molar-refractivity contribution is 0.290. The highest BCUT2D eigenvalue weighted by Crippen LogP contribution is 2.31. The number of hydrogen-bond acceptors (Lipinski definition) is 2. The summed E-state index contributed by atoms with van der Waals surface area (Å²) in [6.07, 6.45) is 0. The highest BCUT2D eigenvalue weighted by Gasteiger charge is 2.13. The van der Waals surface area contributed by atoms with E-state index in [9.17, 15) is 0 Å². The molecule has 0 amide bonds. The van der Waals surface area contributed by atoms with Crippen molar-refractivity contribution in [3.63, 3.8) is 0 Å². The van der Waals surface area contributed by atoms with Crippen LogP contribution in [0.5, 0.6) is 5.75 Å². The van der Waals surface area contributed by atoms with Crippen LogP contribution in [0.3, 0.4) is 0 Å². The van der Waals surface area contributed by atoms with Gasteiger partial charge in [-0.1, -0.05) is 12.1 Å². The predicted molar refractivity (Wildman–Crippen MR) is 83.7 cm³/mol. The Bertz CT molecular complexity index is 599. The summed E-state index contributed by atoms with van der Waals surface area (Å²) in [4.78, 5) is 0. The predicted octanol–water partition coefficient (Wildman–Crippen LogP) is 4.57. The van der Waals surface area contributed by atoms with Crippen molar-refractivity contribution in [3.05, 3.63) is 44.1 Å². The lowest BCUT2D eigenvalue weighted by Gasteiger charge is -2.12. The Morgan fingerprint density at radius 2 is 2.11 bits per heavy atom. The van der Waals surface area contributed by atoms with Crippen LogP contribution in [0.4, 0.5) is 0 Å². The van der Waals surface area contributed by atoms with Gasteiger partial charge in [-0.3, -0.25) is 4.68 Å². The fourth-order valence-electron chi connectivity index (χ4n) is 1.80. The first-order valence-corrected chi connectivity index (χ1v) is 7.80. The number of halogens is 3. The molecule has 0 saturated heterocycles. The average molecular weight is 409 g/mol. The van der Waals surface area contributed by atoms with Gasteiger partial charge in [-0.25, -0.2) is 0 Å². The second-order valence-electron chi connectivity index (χ2n) is 4.12. The molecule has 102 valence electrons.